The van der Waals surface area contributed by atoms with Crippen molar-refractivity contribution in [3.05, 3.63) is 46.8 Å². The van der Waals surface area contributed by atoms with Crippen LogP contribution in [-0.2, 0) is 21.2 Å². The number of ether oxygens (including phenoxy) is 1. The van der Waals surface area contributed by atoms with E-state index in [4.69, 9.17) is 4.74 Å². The third-order valence-electron chi connectivity index (χ3n) is 4.44. The van der Waals surface area contributed by atoms with Crippen LogP contribution in [0.2, 0.25) is 0 Å². The van der Waals surface area contributed by atoms with Crippen LogP contribution in [0.15, 0.2) is 40.6 Å². The summed E-state index contributed by atoms with van der Waals surface area (Å²) < 4.78 is 32.5. The van der Waals surface area contributed by atoms with E-state index in [1.165, 1.54) is 15.6 Å². The molecule has 1 aliphatic rings. The second kappa shape index (κ2) is 7.77. The van der Waals surface area contributed by atoms with Crippen LogP contribution in [0.5, 0.6) is 5.75 Å². The summed E-state index contributed by atoms with van der Waals surface area (Å²) in [6.45, 7) is 3.32. The Bertz CT molecular complexity index is 884. The van der Waals surface area contributed by atoms with Crippen molar-refractivity contribution in [2.75, 3.05) is 33.3 Å². The molecule has 1 aromatic heterocycles. The average Bonchev–Trinajstić information content (AvgIpc) is 3.09. The van der Waals surface area contributed by atoms with Crippen molar-refractivity contribution in [1.82, 2.24) is 9.21 Å². The number of carbonyl (C=O) groups is 1. The standard InChI is InChI=1S/C18H22N2O4S2/c1-14-7-8-18(25-14)26(22,23)20-11-9-19(10-12-20)17(21)13-15-5-3-4-6-16(15)24-2/h3-8H,9-13H2,1-2H3. The van der Waals surface area contributed by atoms with Crippen LogP contribution in [0.1, 0.15) is 10.4 Å². The Hall–Kier alpha value is -1.90. The highest BCUT2D eigenvalue weighted by Gasteiger charge is 2.31. The molecule has 0 N–H and O–H groups in total. The van der Waals surface area contributed by atoms with E-state index in [2.05, 4.69) is 0 Å². The molecule has 0 unspecified atom stereocenters. The Balaban J connectivity index is 1.62. The fraction of sp³-hybridized carbons (Fsp3) is 0.389. The maximum absolute atomic E-state index is 12.7. The summed E-state index contributed by atoms with van der Waals surface area (Å²) >= 11 is 1.28. The SMILES string of the molecule is COc1ccccc1CC(=O)N1CCN(S(=O)(=O)c2ccc(C)s2)CC1. The second-order valence-electron chi connectivity index (χ2n) is 6.14. The zero-order valence-electron chi connectivity index (χ0n) is 14.8. The number of methoxy groups -OCH3 is 1. The molecule has 3 rings (SSSR count). The Morgan fingerprint density at radius 3 is 2.42 bits per heavy atom. The van der Waals surface area contributed by atoms with Crippen LogP contribution in [0.4, 0.5) is 0 Å². The Morgan fingerprint density at radius 1 is 1.12 bits per heavy atom. The van der Waals surface area contributed by atoms with Gasteiger partial charge in [0.1, 0.15) is 9.96 Å². The van der Waals surface area contributed by atoms with Gasteiger partial charge in [-0.2, -0.15) is 4.31 Å². The van der Waals surface area contributed by atoms with E-state index in [-0.39, 0.29) is 12.3 Å². The average molecular weight is 395 g/mol. The number of aryl methyl sites for hydroxylation is 1. The maximum atomic E-state index is 12.7. The van der Waals surface area contributed by atoms with Gasteiger partial charge < -0.3 is 9.64 Å². The lowest BCUT2D eigenvalue weighted by atomic mass is 10.1. The zero-order valence-corrected chi connectivity index (χ0v) is 16.5. The molecule has 1 saturated heterocycles. The van der Waals surface area contributed by atoms with Crippen LogP contribution in [0, 0.1) is 6.92 Å². The van der Waals surface area contributed by atoms with Gasteiger partial charge >= 0.3 is 0 Å². The van der Waals surface area contributed by atoms with Gasteiger partial charge in [0.05, 0.1) is 13.5 Å². The molecule has 0 atom stereocenters. The number of hydrogen-bond donors (Lipinski definition) is 0. The molecule has 0 spiro atoms. The molecule has 140 valence electrons. The maximum Gasteiger partial charge on any atom is 0.252 e. The predicted molar refractivity (Wildman–Crippen MR) is 101 cm³/mol. The number of carbonyl (C=O) groups excluding carboxylic acids is 1. The van der Waals surface area contributed by atoms with Crippen molar-refractivity contribution in [2.45, 2.75) is 17.6 Å². The van der Waals surface area contributed by atoms with E-state index < -0.39 is 10.0 Å². The molecule has 0 saturated carbocycles. The minimum absolute atomic E-state index is 0.0153. The molecule has 1 fully saturated rings. The van der Waals surface area contributed by atoms with Gasteiger partial charge in [0.2, 0.25) is 5.91 Å². The van der Waals surface area contributed by atoms with Gasteiger partial charge in [-0.3, -0.25) is 4.79 Å². The Morgan fingerprint density at radius 2 is 1.81 bits per heavy atom. The number of nitrogens with zero attached hydrogens (tertiary/aromatic N) is 2. The summed E-state index contributed by atoms with van der Waals surface area (Å²) in [5.41, 5.74) is 0.837. The van der Waals surface area contributed by atoms with Crippen molar-refractivity contribution in [1.29, 1.82) is 0 Å². The summed E-state index contributed by atoms with van der Waals surface area (Å²) in [7, 11) is -1.88. The topological polar surface area (TPSA) is 66.9 Å². The first-order valence-electron chi connectivity index (χ1n) is 8.38. The lowest BCUT2D eigenvalue weighted by molar-refractivity contribution is -0.131. The highest BCUT2D eigenvalue weighted by Crippen LogP contribution is 2.25. The van der Waals surface area contributed by atoms with Gasteiger partial charge in [-0.15, -0.1) is 11.3 Å². The molecular weight excluding hydrogens is 372 g/mol. The minimum atomic E-state index is -3.47. The lowest BCUT2D eigenvalue weighted by Gasteiger charge is -2.33. The first-order chi connectivity index (χ1) is 12.4. The number of piperazine rings is 1. The smallest absolute Gasteiger partial charge is 0.252 e. The summed E-state index contributed by atoms with van der Waals surface area (Å²) in [6, 6.07) is 10.9. The van der Waals surface area contributed by atoms with E-state index in [0.717, 1.165) is 10.4 Å². The minimum Gasteiger partial charge on any atom is -0.496 e. The first-order valence-corrected chi connectivity index (χ1v) is 10.6. The molecule has 2 heterocycles. The molecule has 6 nitrogen and oxygen atoms in total. The van der Waals surface area contributed by atoms with Gasteiger partial charge in [-0.1, -0.05) is 18.2 Å². The fourth-order valence-electron chi connectivity index (χ4n) is 2.98. The lowest BCUT2D eigenvalue weighted by Crippen LogP contribution is -2.50. The molecule has 0 radical (unpaired) electrons. The van der Waals surface area contributed by atoms with Gasteiger partial charge in [-0.25, -0.2) is 8.42 Å². The molecular formula is C18H22N2O4S2. The van der Waals surface area contributed by atoms with E-state index in [0.29, 0.717) is 36.1 Å². The number of para-hydroxylation sites is 1. The Labute approximate surface area is 158 Å². The van der Waals surface area contributed by atoms with Gasteiger partial charge in [0.25, 0.3) is 10.0 Å². The number of rotatable bonds is 5. The number of hydrogen-bond acceptors (Lipinski definition) is 5. The first kappa shape index (κ1) is 18.9. The molecule has 0 aliphatic carbocycles. The number of benzene rings is 1. The summed E-state index contributed by atoms with van der Waals surface area (Å²) in [4.78, 5) is 15.3. The summed E-state index contributed by atoms with van der Waals surface area (Å²) in [6.07, 6.45) is 0.251. The molecule has 2 aromatic rings. The second-order valence-corrected chi connectivity index (χ2v) is 9.59. The summed E-state index contributed by atoms with van der Waals surface area (Å²) in [5.74, 6) is 0.675. The molecule has 26 heavy (non-hydrogen) atoms. The van der Waals surface area contributed by atoms with Crippen molar-refractivity contribution in [3.8, 4) is 5.75 Å². The van der Waals surface area contributed by atoms with Crippen LogP contribution in [-0.4, -0.2) is 56.8 Å². The van der Waals surface area contributed by atoms with Crippen molar-refractivity contribution < 1.29 is 17.9 Å². The summed E-state index contributed by atoms with van der Waals surface area (Å²) in [5, 5.41) is 0. The number of amides is 1. The van der Waals surface area contributed by atoms with Crippen LogP contribution in [0.25, 0.3) is 0 Å². The molecule has 8 heteroatoms. The van der Waals surface area contributed by atoms with E-state index >= 15 is 0 Å². The number of thiophene rings is 1. The van der Waals surface area contributed by atoms with Crippen molar-refractivity contribution in [3.63, 3.8) is 0 Å². The van der Waals surface area contributed by atoms with Gasteiger partial charge in [-0.05, 0) is 25.1 Å². The van der Waals surface area contributed by atoms with E-state index in [1.807, 2.05) is 37.3 Å². The van der Waals surface area contributed by atoms with Gasteiger partial charge in [0.15, 0.2) is 0 Å². The highest BCUT2D eigenvalue weighted by molar-refractivity contribution is 7.91. The highest BCUT2D eigenvalue weighted by atomic mass is 32.2. The van der Waals surface area contributed by atoms with Crippen LogP contribution < -0.4 is 4.74 Å². The largest absolute Gasteiger partial charge is 0.496 e. The van der Waals surface area contributed by atoms with Crippen LogP contribution >= 0.6 is 11.3 Å². The molecule has 1 aliphatic heterocycles. The van der Waals surface area contributed by atoms with Gasteiger partial charge in [0, 0.05) is 36.6 Å². The number of sulfonamides is 1. The van der Waals surface area contributed by atoms with E-state index in [1.54, 1.807) is 18.1 Å². The molecule has 1 aromatic carbocycles. The predicted octanol–water partition coefficient (Wildman–Crippen LogP) is 2.14. The van der Waals surface area contributed by atoms with Crippen molar-refractivity contribution >= 4 is 27.3 Å². The third kappa shape index (κ3) is 3.92. The molecule has 0 bridgehead atoms. The quantitative estimate of drug-likeness (QED) is 0.779. The van der Waals surface area contributed by atoms with Crippen molar-refractivity contribution in [2.24, 2.45) is 0 Å². The third-order valence-corrected chi connectivity index (χ3v) is 7.80. The zero-order chi connectivity index (χ0) is 18.7. The normalized spacial score (nSPS) is 15.8. The fourth-order valence-corrected chi connectivity index (χ4v) is 5.84. The molecule has 1 amide bonds. The van der Waals surface area contributed by atoms with E-state index in [9.17, 15) is 13.2 Å². The monoisotopic (exact) mass is 394 g/mol. The Kier molecular flexibility index (Phi) is 5.64. The van der Waals surface area contributed by atoms with Crippen LogP contribution in [0.3, 0.4) is 0 Å².